The summed E-state index contributed by atoms with van der Waals surface area (Å²) in [5, 5.41) is 0. The molecule has 0 unspecified atom stereocenters. The number of nitrogens with zero attached hydrogens (tertiary/aromatic N) is 2. The monoisotopic (exact) mass is 232 g/mol. The maximum absolute atomic E-state index is 5.91. The third kappa shape index (κ3) is 2.39. The van der Waals surface area contributed by atoms with Crippen LogP contribution >= 0.6 is 0 Å². The van der Waals surface area contributed by atoms with E-state index in [1.54, 1.807) is 0 Å². The molecule has 1 aromatic carbocycles. The maximum Gasteiger partial charge on any atom is 0.244 e. The van der Waals surface area contributed by atoms with Gasteiger partial charge >= 0.3 is 0 Å². The van der Waals surface area contributed by atoms with E-state index >= 15 is 0 Å². The quantitative estimate of drug-likeness (QED) is 0.746. The Labute approximate surface area is 96.6 Å². The molecule has 0 aliphatic carbocycles. The summed E-state index contributed by atoms with van der Waals surface area (Å²) in [6.45, 7) is 8.37. The number of aromatic nitrogens is 2. The first-order chi connectivity index (χ1) is 7.46. The van der Waals surface area contributed by atoms with Crippen LogP contribution < -0.4 is 4.43 Å². The van der Waals surface area contributed by atoms with Crippen molar-refractivity contribution in [2.75, 3.05) is 0 Å². The van der Waals surface area contributed by atoms with Gasteiger partial charge in [0.1, 0.15) is 0 Å². The molecule has 16 heavy (non-hydrogen) atoms. The molecular formula is C12H16N2OSi. The minimum atomic E-state index is -1.62. The molecule has 1 aromatic heterocycles. The summed E-state index contributed by atoms with van der Waals surface area (Å²) in [7, 11) is -1.62. The van der Waals surface area contributed by atoms with Gasteiger partial charge in [0.05, 0.1) is 16.7 Å². The van der Waals surface area contributed by atoms with Gasteiger partial charge in [-0.15, -0.1) is 0 Å². The molecule has 4 heteroatoms. The van der Waals surface area contributed by atoms with E-state index < -0.39 is 8.32 Å². The molecule has 0 amide bonds. The fourth-order valence-electron chi connectivity index (χ4n) is 1.46. The van der Waals surface area contributed by atoms with Crippen molar-refractivity contribution in [1.82, 2.24) is 9.97 Å². The summed E-state index contributed by atoms with van der Waals surface area (Å²) in [4.78, 5) is 9.00. The predicted molar refractivity (Wildman–Crippen MR) is 68.2 cm³/mol. The second-order valence-corrected chi connectivity index (χ2v) is 9.25. The van der Waals surface area contributed by atoms with Crippen LogP contribution in [0.25, 0.3) is 11.0 Å². The Balaban J connectivity index is 2.50. The van der Waals surface area contributed by atoms with E-state index in [1.807, 2.05) is 31.2 Å². The van der Waals surface area contributed by atoms with Gasteiger partial charge in [0, 0.05) is 0 Å². The topological polar surface area (TPSA) is 35.0 Å². The Morgan fingerprint density at radius 3 is 2.12 bits per heavy atom. The van der Waals surface area contributed by atoms with Gasteiger partial charge in [-0.3, -0.25) is 0 Å². The van der Waals surface area contributed by atoms with Crippen molar-refractivity contribution in [1.29, 1.82) is 0 Å². The molecule has 0 spiro atoms. The molecular weight excluding hydrogens is 216 g/mol. The second-order valence-electron chi connectivity index (χ2n) is 4.82. The van der Waals surface area contributed by atoms with Gasteiger partial charge in [-0.25, -0.2) is 9.97 Å². The van der Waals surface area contributed by atoms with Gasteiger partial charge in [0.15, 0.2) is 0 Å². The number of hydrogen-bond donors (Lipinski definition) is 0. The molecule has 0 saturated carbocycles. The highest BCUT2D eigenvalue weighted by Crippen LogP contribution is 2.20. The van der Waals surface area contributed by atoms with Crippen molar-refractivity contribution >= 4 is 19.4 Å². The lowest BCUT2D eigenvalue weighted by Gasteiger charge is -2.19. The Hall–Kier alpha value is -1.42. The van der Waals surface area contributed by atoms with Crippen molar-refractivity contribution in [3.63, 3.8) is 0 Å². The number of aryl methyl sites for hydroxylation is 1. The van der Waals surface area contributed by atoms with Gasteiger partial charge in [-0.05, 0) is 38.7 Å². The fraction of sp³-hybridized carbons (Fsp3) is 0.333. The number of para-hydroxylation sites is 2. The Morgan fingerprint density at radius 1 is 1.00 bits per heavy atom. The van der Waals surface area contributed by atoms with Crippen molar-refractivity contribution in [3.05, 3.63) is 30.0 Å². The van der Waals surface area contributed by atoms with Crippen LogP contribution in [0.15, 0.2) is 24.3 Å². The van der Waals surface area contributed by atoms with E-state index in [0.29, 0.717) is 5.88 Å². The minimum Gasteiger partial charge on any atom is -0.530 e. The SMILES string of the molecule is Cc1nc2ccccc2nc1O[Si](C)(C)C. The Bertz CT molecular complexity index is 520. The van der Waals surface area contributed by atoms with Crippen molar-refractivity contribution in [3.8, 4) is 5.88 Å². The number of hydrogen-bond acceptors (Lipinski definition) is 3. The van der Waals surface area contributed by atoms with Crippen LogP contribution in [0, 0.1) is 6.92 Å². The standard InChI is InChI=1S/C12H16N2OSi/c1-9-12(15-16(2,3)4)14-11-8-6-5-7-10(11)13-9/h5-8H,1-4H3. The van der Waals surface area contributed by atoms with Crippen LogP contribution in [0.4, 0.5) is 0 Å². The Morgan fingerprint density at radius 2 is 1.56 bits per heavy atom. The van der Waals surface area contributed by atoms with Gasteiger partial charge in [-0.1, -0.05) is 12.1 Å². The first-order valence-electron chi connectivity index (χ1n) is 5.38. The van der Waals surface area contributed by atoms with Gasteiger partial charge in [-0.2, -0.15) is 0 Å². The van der Waals surface area contributed by atoms with E-state index in [1.165, 1.54) is 0 Å². The average Bonchev–Trinajstić information content (AvgIpc) is 2.17. The first-order valence-corrected chi connectivity index (χ1v) is 8.79. The molecule has 0 fully saturated rings. The largest absolute Gasteiger partial charge is 0.530 e. The highest BCUT2D eigenvalue weighted by molar-refractivity contribution is 6.70. The summed E-state index contributed by atoms with van der Waals surface area (Å²) in [6.07, 6.45) is 0. The molecule has 0 aliphatic heterocycles. The van der Waals surface area contributed by atoms with Crippen LogP contribution in [0.1, 0.15) is 5.69 Å². The molecule has 0 saturated heterocycles. The van der Waals surface area contributed by atoms with E-state index in [2.05, 4.69) is 29.6 Å². The van der Waals surface area contributed by atoms with E-state index in [0.717, 1.165) is 16.7 Å². The van der Waals surface area contributed by atoms with Crippen LogP contribution in [0.2, 0.25) is 19.6 Å². The molecule has 2 rings (SSSR count). The molecule has 0 aliphatic rings. The van der Waals surface area contributed by atoms with Gasteiger partial charge in [0.2, 0.25) is 14.2 Å². The molecule has 3 nitrogen and oxygen atoms in total. The summed E-state index contributed by atoms with van der Waals surface area (Å²) >= 11 is 0. The number of benzene rings is 1. The Kier molecular flexibility index (Phi) is 2.67. The summed E-state index contributed by atoms with van der Waals surface area (Å²) < 4.78 is 5.91. The second kappa shape index (κ2) is 3.86. The molecule has 0 radical (unpaired) electrons. The van der Waals surface area contributed by atoms with E-state index in [9.17, 15) is 0 Å². The third-order valence-electron chi connectivity index (χ3n) is 2.10. The number of fused-ring (bicyclic) bond motifs is 1. The minimum absolute atomic E-state index is 0.679. The van der Waals surface area contributed by atoms with E-state index in [4.69, 9.17) is 4.43 Å². The highest BCUT2D eigenvalue weighted by atomic mass is 28.4. The van der Waals surface area contributed by atoms with Crippen LogP contribution in [0.5, 0.6) is 5.88 Å². The highest BCUT2D eigenvalue weighted by Gasteiger charge is 2.19. The zero-order valence-corrected chi connectivity index (χ0v) is 11.1. The smallest absolute Gasteiger partial charge is 0.244 e. The lowest BCUT2D eigenvalue weighted by atomic mass is 10.3. The van der Waals surface area contributed by atoms with Crippen molar-refractivity contribution < 1.29 is 4.43 Å². The van der Waals surface area contributed by atoms with E-state index in [-0.39, 0.29) is 0 Å². The van der Waals surface area contributed by atoms with Crippen molar-refractivity contribution in [2.45, 2.75) is 26.6 Å². The molecule has 0 atom stereocenters. The summed E-state index contributed by atoms with van der Waals surface area (Å²) in [6, 6.07) is 7.85. The molecule has 2 aromatic rings. The van der Waals surface area contributed by atoms with Crippen LogP contribution in [-0.2, 0) is 0 Å². The van der Waals surface area contributed by atoms with Crippen LogP contribution in [0.3, 0.4) is 0 Å². The lowest BCUT2D eigenvalue weighted by molar-refractivity contribution is 0.528. The number of rotatable bonds is 2. The molecule has 84 valence electrons. The lowest BCUT2D eigenvalue weighted by Crippen LogP contribution is -2.30. The van der Waals surface area contributed by atoms with Gasteiger partial charge < -0.3 is 4.43 Å². The average molecular weight is 232 g/mol. The third-order valence-corrected chi connectivity index (χ3v) is 2.91. The molecule has 0 bridgehead atoms. The fourth-order valence-corrected chi connectivity index (χ4v) is 2.23. The van der Waals surface area contributed by atoms with Crippen LogP contribution in [-0.4, -0.2) is 18.3 Å². The summed E-state index contributed by atoms with van der Waals surface area (Å²) in [5.74, 6) is 0.679. The molecule has 0 N–H and O–H groups in total. The predicted octanol–water partition coefficient (Wildman–Crippen LogP) is 3.15. The normalized spacial score (nSPS) is 11.8. The zero-order valence-electron chi connectivity index (χ0n) is 10.1. The summed E-state index contributed by atoms with van der Waals surface area (Å²) in [5.41, 5.74) is 2.67. The zero-order chi connectivity index (χ0) is 11.8. The van der Waals surface area contributed by atoms with Gasteiger partial charge in [0.25, 0.3) is 0 Å². The first kappa shape index (κ1) is 11.1. The van der Waals surface area contributed by atoms with Crippen molar-refractivity contribution in [2.24, 2.45) is 0 Å². The molecule has 1 heterocycles. The maximum atomic E-state index is 5.91.